The van der Waals surface area contributed by atoms with E-state index in [1.54, 1.807) is 31.4 Å². The van der Waals surface area contributed by atoms with Gasteiger partial charge < -0.3 is 9.47 Å². The van der Waals surface area contributed by atoms with Crippen molar-refractivity contribution in [3.63, 3.8) is 0 Å². The predicted octanol–water partition coefficient (Wildman–Crippen LogP) is 4.48. The minimum Gasteiger partial charge on any atom is -0.497 e. The van der Waals surface area contributed by atoms with Crippen LogP contribution in [0.15, 0.2) is 54.7 Å². The molecule has 7 heteroatoms. The quantitative estimate of drug-likeness (QED) is 0.518. The number of rotatable bonds is 3. The second-order valence-electron chi connectivity index (χ2n) is 5.19. The molecular weight excluding hydrogens is 335 g/mol. The first-order chi connectivity index (χ1) is 11.9. The van der Waals surface area contributed by atoms with Gasteiger partial charge in [-0.3, -0.25) is 4.98 Å². The minimum atomic E-state index is -4.56. The van der Waals surface area contributed by atoms with E-state index in [0.717, 1.165) is 29.1 Å². The molecule has 0 aliphatic heterocycles. The van der Waals surface area contributed by atoms with Gasteiger partial charge in [-0.05, 0) is 47.2 Å². The maximum atomic E-state index is 12.5. The summed E-state index contributed by atoms with van der Waals surface area (Å²) in [6, 6.07) is 12.2. The maximum Gasteiger partial charge on any atom is 0.433 e. The fraction of sp³-hybridized carbons (Fsp3) is 0.111. The van der Waals surface area contributed by atoms with E-state index in [0.29, 0.717) is 5.75 Å². The third-order valence-corrected chi connectivity index (χ3v) is 3.52. The molecule has 0 saturated heterocycles. The van der Waals surface area contributed by atoms with Gasteiger partial charge in [-0.25, -0.2) is 4.79 Å². The van der Waals surface area contributed by atoms with Crippen molar-refractivity contribution in [3.05, 3.63) is 66.0 Å². The van der Waals surface area contributed by atoms with Crippen LogP contribution in [0.25, 0.3) is 10.8 Å². The molecule has 0 unspecified atom stereocenters. The number of hydrogen-bond donors (Lipinski definition) is 0. The van der Waals surface area contributed by atoms with Crippen LogP contribution in [-0.2, 0) is 6.18 Å². The molecule has 0 amide bonds. The molecule has 1 aromatic heterocycles. The number of alkyl halides is 3. The van der Waals surface area contributed by atoms with Gasteiger partial charge in [-0.2, -0.15) is 13.2 Å². The average Bonchev–Trinajstić information content (AvgIpc) is 2.60. The van der Waals surface area contributed by atoms with E-state index >= 15 is 0 Å². The fourth-order valence-electron chi connectivity index (χ4n) is 2.24. The minimum absolute atomic E-state index is 0.0706. The van der Waals surface area contributed by atoms with Gasteiger partial charge in [0.1, 0.15) is 17.2 Å². The monoisotopic (exact) mass is 347 g/mol. The lowest BCUT2D eigenvalue weighted by Gasteiger charge is -2.08. The first kappa shape index (κ1) is 16.8. The summed E-state index contributed by atoms with van der Waals surface area (Å²) in [5.41, 5.74) is -1.14. The Bertz CT molecular complexity index is 921. The Balaban J connectivity index is 1.81. The van der Waals surface area contributed by atoms with Crippen molar-refractivity contribution in [1.82, 2.24) is 4.98 Å². The third-order valence-electron chi connectivity index (χ3n) is 3.52. The third kappa shape index (κ3) is 3.71. The standard InChI is InChI=1S/C18H12F3NO3/c1-24-14-5-2-11-3-6-15(9-13(11)8-14)25-17(23)12-4-7-16(22-10-12)18(19,20)21/h2-10H,1H3. The number of ether oxygens (including phenoxy) is 2. The van der Waals surface area contributed by atoms with Crippen molar-refractivity contribution >= 4 is 16.7 Å². The SMILES string of the molecule is COc1ccc2ccc(OC(=O)c3ccc(C(F)(F)F)nc3)cc2c1. The van der Waals surface area contributed by atoms with Crippen molar-refractivity contribution in [3.8, 4) is 11.5 Å². The molecule has 0 atom stereocenters. The first-order valence-electron chi connectivity index (χ1n) is 7.20. The molecule has 0 spiro atoms. The van der Waals surface area contributed by atoms with Crippen LogP contribution < -0.4 is 9.47 Å². The highest BCUT2D eigenvalue weighted by molar-refractivity contribution is 5.92. The van der Waals surface area contributed by atoms with Crippen LogP contribution in [0.3, 0.4) is 0 Å². The summed E-state index contributed by atoms with van der Waals surface area (Å²) in [5, 5.41) is 1.73. The van der Waals surface area contributed by atoms with Crippen LogP contribution in [0.4, 0.5) is 13.2 Å². The molecule has 0 saturated carbocycles. The number of carbonyl (C=O) groups is 1. The van der Waals surface area contributed by atoms with Crippen LogP contribution in [0.5, 0.6) is 11.5 Å². The van der Waals surface area contributed by atoms with Gasteiger partial charge in [0, 0.05) is 6.20 Å². The first-order valence-corrected chi connectivity index (χ1v) is 7.20. The Morgan fingerprint density at radius 2 is 1.64 bits per heavy atom. The number of hydrogen-bond acceptors (Lipinski definition) is 4. The van der Waals surface area contributed by atoms with E-state index in [-0.39, 0.29) is 11.3 Å². The zero-order valence-corrected chi connectivity index (χ0v) is 13.0. The van der Waals surface area contributed by atoms with Crippen molar-refractivity contribution in [2.75, 3.05) is 7.11 Å². The molecule has 0 N–H and O–H groups in total. The molecule has 4 nitrogen and oxygen atoms in total. The molecular formula is C18H12F3NO3. The molecule has 128 valence electrons. The van der Waals surface area contributed by atoms with Crippen LogP contribution in [0, 0.1) is 0 Å². The highest BCUT2D eigenvalue weighted by Gasteiger charge is 2.32. The zero-order chi connectivity index (χ0) is 18.0. The van der Waals surface area contributed by atoms with Gasteiger partial charge in [-0.15, -0.1) is 0 Å². The normalized spacial score (nSPS) is 11.4. The number of nitrogens with zero attached hydrogens (tertiary/aromatic N) is 1. The average molecular weight is 347 g/mol. The molecule has 1 heterocycles. The molecule has 2 aromatic carbocycles. The van der Waals surface area contributed by atoms with Gasteiger partial charge in [0.2, 0.25) is 0 Å². The van der Waals surface area contributed by atoms with E-state index < -0.39 is 17.8 Å². The Labute approximate surface area is 140 Å². The summed E-state index contributed by atoms with van der Waals surface area (Å²) in [6.45, 7) is 0. The van der Waals surface area contributed by atoms with E-state index in [4.69, 9.17) is 9.47 Å². The number of halogens is 3. The number of aromatic nitrogens is 1. The number of carbonyl (C=O) groups excluding carboxylic acids is 1. The lowest BCUT2D eigenvalue weighted by atomic mass is 10.1. The fourth-order valence-corrected chi connectivity index (χ4v) is 2.24. The zero-order valence-electron chi connectivity index (χ0n) is 13.0. The van der Waals surface area contributed by atoms with Crippen molar-refractivity contribution in [2.45, 2.75) is 6.18 Å². The molecule has 0 fully saturated rings. The Morgan fingerprint density at radius 1 is 0.960 bits per heavy atom. The smallest absolute Gasteiger partial charge is 0.433 e. The molecule has 3 aromatic rings. The number of benzene rings is 2. The van der Waals surface area contributed by atoms with Crippen LogP contribution in [0.2, 0.25) is 0 Å². The van der Waals surface area contributed by atoms with Crippen molar-refractivity contribution < 1.29 is 27.4 Å². The molecule has 0 bridgehead atoms. The molecule has 0 aliphatic rings. The van der Waals surface area contributed by atoms with Gasteiger partial charge in [0.15, 0.2) is 0 Å². The van der Waals surface area contributed by atoms with Crippen LogP contribution in [0.1, 0.15) is 16.1 Å². The van der Waals surface area contributed by atoms with E-state index in [9.17, 15) is 18.0 Å². The summed E-state index contributed by atoms with van der Waals surface area (Å²) in [4.78, 5) is 15.3. The van der Waals surface area contributed by atoms with Crippen molar-refractivity contribution in [2.24, 2.45) is 0 Å². The molecule has 25 heavy (non-hydrogen) atoms. The summed E-state index contributed by atoms with van der Waals surface area (Å²) in [6.07, 6.45) is -3.71. The number of pyridine rings is 1. The molecule has 3 rings (SSSR count). The largest absolute Gasteiger partial charge is 0.497 e. The Kier molecular flexibility index (Phi) is 4.31. The van der Waals surface area contributed by atoms with Gasteiger partial charge in [0.05, 0.1) is 12.7 Å². The molecule has 0 aliphatic carbocycles. The number of methoxy groups -OCH3 is 1. The summed E-state index contributed by atoms with van der Waals surface area (Å²) in [5.74, 6) is 0.136. The molecule has 0 radical (unpaired) electrons. The second-order valence-corrected chi connectivity index (χ2v) is 5.19. The maximum absolute atomic E-state index is 12.5. The second kappa shape index (κ2) is 6.43. The summed E-state index contributed by atoms with van der Waals surface area (Å²) in [7, 11) is 1.54. The predicted molar refractivity (Wildman–Crippen MR) is 84.7 cm³/mol. The number of fused-ring (bicyclic) bond motifs is 1. The number of esters is 1. The van der Waals surface area contributed by atoms with Gasteiger partial charge in [-0.1, -0.05) is 12.1 Å². The van der Waals surface area contributed by atoms with E-state index in [2.05, 4.69) is 4.98 Å². The van der Waals surface area contributed by atoms with Gasteiger partial charge in [0.25, 0.3) is 0 Å². The summed E-state index contributed by atoms with van der Waals surface area (Å²) >= 11 is 0. The highest BCUT2D eigenvalue weighted by Crippen LogP contribution is 2.28. The Morgan fingerprint density at radius 3 is 2.24 bits per heavy atom. The van der Waals surface area contributed by atoms with Crippen LogP contribution >= 0.6 is 0 Å². The van der Waals surface area contributed by atoms with E-state index in [1.807, 2.05) is 12.1 Å². The lowest BCUT2D eigenvalue weighted by Crippen LogP contribution is -2.12. The Hall–Kier alpha value is -3.09. The van der Waals surface area contributed by atoms with E-state index in [1.165, 1.54) is 0 Å². The van der Waals surface area contributed by atoms with Crippen LogP contribution in [-0.4, -0.2) is 18.1 Å². The van der Waals surface area contributed by atoms with Crippen molar-refractivity contribution in [1.29, 1.82) is 0 Å². The highest BCUT2D eigenvalue weighted by atomic mass is 19.4. The topological polar surface area (TPSA) is 48.4 Å². The lowest BCUT2D eigenvalue weighted by molar-refractivity contribution is -0.141. The summed E-state index contributed by atoms with van der Waals surface area (Å²) < 4.78 is 47.8. The van der Waals surface area contributed by atoms with Gasteiger partial charge >= 0.3 is 12.1 Å².